The minimum Gasteiger partial charge on any atom is -0.307 e. The molecule has 4 rings (SSSR count). The lowest BCUT2D eigenvalue weighted by Gasteiger charge is -2.09. The molecule has 0 aliphatic heterocycles. The minimum atomic E-state index is -0.182. The molecule has 0 saturated carbocycles. The maximum absolute atomic E-state index is 13.0. The average molecular weight is 464 g/mol. The zero-order chi connectivity index (χ0) is 20.1. The van der Waals surface area contributed by atoms with Crippen LogP contribution in [0.15, 0.2) is 79.0 Å². The van der Waals surface area contributed by atoms with Gasteiger partial charge in [-0.15, -0.1) is 11.3 Å². The predicted molar refractivity (Wildman–Crippen MR) is 123 cm³/mol. The number of thiazole rings is 1. The number of benzene rings is 2. The summed E-state index contributed by atoms with van der Waals surface area (Å²) in [5.74, 6) is 0.348. The molecule has 2 aromatic heterocycles. The molecule has 2 aromatic carbocycles. The maximum Gasteiger partial charge on any atom is 0.257 e. The summed E-state index contributed by atoms with van der Waals surface area (Å²) in [5, 5.41) is 4.64. The molecule has 6 heteroatoms. The van der Waals surface area contributed by atoms with Crippen LogP contribution in [0.2, 0.25) is 0 Å². The third kappa shape index (κ3) is 4.44. The van der Waals surface area contributed by atoms with E-state index in [1.54, 1.807) is 23.6 Å². The first-order chi connectivity index (χ1) is 14.3. The molecule has 2 heterocycles. The van der Waals surface area contributed by atoms with Crippen LogP contribution in [-0.2, 0) is 6.42 Å². The largest absolute Gasteiger partial charge is 0.307 e. The molecule has 4 aromatic rings. The monoisotopic (exact) mass is 463 g/mol. The molecule has 144 valence electrons. The van der Waals surface area contributed by atoms with Crippen LogP contribution in [0, 0.1) is 0 Å². The zero-order valence-corrected chi connectivity index (χ0v) is 17.9. The number of hydrogen-bond acceptors (Lipinski definition) is 4. The molecule has 1 amide bonds. The Bertz CT molecular complexity index is 1110. The first-order valence-corrected chi connectivity index (χ1v) is 11.1. The Morgan fingerprint density at radius 3 is 2.48 bits per heavy atom. The van der Waals surface area contributed by atoms with Crippen molar-refractivity contribution in [2.45, 2.75) is 6.42 Å². The van der Waals surface area contributed by atoms with Crippen LogP contribution in [0.1, 0.15) is 16.1 Å². The Kier molecular flexibility index (Phi) is 6.12. The van der Waals surface area contributed by atoms with Gasteiger partial charge in [-0.25, -0.2) is 9.97 Å². The first kappa shape index (κ1) is 19.5. The van der Waals surface area contributed by atoms with Gasteiger partial charge in [0, 0.05) is 34.6 Å². The number of carbonyl (C=O) groups excluding carboxylic acids is 1. The van der Waals surface area contributed by atoms with E-state index in [2.05, 4.69) is 38.4 Å². The number of carbonyl (C=O) groups is 1. The number of aryl methyl sites for hydroxylation is 1. The molecule has 0 fully saturated rings. The molecule has 0 spiro atoms. The normalized spacial score (nSPS) is 10.7. The van der Waals surface area contributed by atoms with E-state index in [9.17, 15) is 4.79 Å². The van der Waals surface area contributed by atoms with Gasteiger partial charge in [-0.2, -0.15) is 0 Å². The molecular weight excluding hydrogens is 446 g/mol. The van der Waals surface area contributed by atoms with E-state index < -0.39 is 0 Å². The van der Waals surface area contributed by atoms with E-state index in [0.717, 1.165) is 38.5 Å². The number of anilines is 1. The molecule has 0 aliphatic carbocycles. The fourth-order valence-corrected chi connectivity index (χ4v) is 4.56. The highest BCUT2D eigenvalue weighted by molar-refractivity contribution is 9.09. The van der Waals surface area contributed by atoms with Gasteiger partial charge < -0.3 is 5.32 Å². The number of hydrogen-bond donors (Lipinski definition) is 1. The minimum absolute atomic E-state index is 0.182. The highest BCUT2D eigenvalue weighted by Crippen LogP contribution is 2.37. The predicted octanol–water partition coefficient (Wildman–Crippen LogP) is 6.06. The summed E-state index contributed by atoms with van der Waals surface area (Å²) in [7, 11) is 0. The summed E-state index contributed by atoms with van der Waals surface area (Å²) in [6.07, 6.45) is 2.44. The fraction of sp³-hybridized carbons (Fsp3) is 0.0870. The van der Waals surface area contributed by atoms with Crippen LogP contribution < -0.4 is 5.32 Å². The van der Waals surface area contributed by atoms with Gasteiger partial charge in [-0.1, -0.05) is 70.5 Å². The second kappa shape index (κ2) is 9.11. The summed E-state index contributed by atoms with van der Waals surface area (Å²) < 4.78 is 0. The Hall–Kier alpha value is -2.83. The number of rotatable bonds is 6. The average Bonchev–Trinajstić information content (AvgIpc) is 3.19. The smallest absolute Gasteiger partial charge is 0.257 e. The fourth-order valence-electron chi connectivity index (χ4n) is 3.02. The molecule has 0 aliphatic rings. The van der Waals surface area contributed by atoms with Gasteiger partial charge in [0.25, 0.3) is 5.91 Å². The van der Waals surface area contributed by atoms with E-state index in [0.29, 0.717) is 11.4 Å². The Morgan fingerprint density at radius 1 is 0.966 bits per heavy atom. The summed E-state index contributed by atoms with van der Waals surface area (Å²) >= 11 is 5.14. The zero-order valence-electron chi connectivity index (χ0n) is 15.5. The quantitative estimate of drug-likeness (QED) is 0.353. The molecule has 4 nitrogen and oxygen atoms in total. The van der Waals surface area contributed by atoms with Gasteiger partial charge >= 0.3 is 0 Å². The number of alkyl halides is 1. The van der Waals surface area contributed by atoms with Gasteiger partial charge in [0.1, 0.15) is 10.8 Å². The van der Waals surface area contributed by atoms with Crippen LogP contribution in [0.5, 0.6) is 0 Å². The lowest BCUT2D eigenvalue weighted by Crippen LogP contribution is -2.14. The third-order valence-electron chi connectivity index (χ3n) is 4.37. The van der Waals surface area contributed by atoms with Crippen molar-refractivity contribution < 1.29 is 4.79 Å². The van der Waals surface area contributed by atoms with Crippen LogP contribution in [0.3, 0.4) is 0 Å². The second-order valence-corrected chi connectivity index (χ2v) is 8.11. The Morgan fingerprint density at radius 2 is 1.72 bits per heavy atom. The van der Waals surface area contributed by atoms with E-state index in [-0.39, 0.29) is 5.91 Å². The van der Waals surface area contributed by atoms with Crippen LogP contribution in [0.4, 0.5) is 5.82 Å². The van der Waals surface area contributed by atoms with Crippen molar-refractivity contribution in [3.8, 4) is 21.0 Å². The van der Waals surface area contributed by atoms with Gasteiger partial charge in [0.05, 0.1) is 10.6 Å². The van der Waals surface area contributed by atoms with E-state index in [1.807, 2.05) is 54.6 Å². The van der Waals surface area contributed by atoms with E-state index in [1.165, 1.54) is 0 Å². The summed E-state index contributed by atoms with van der Waals surface area (Å²) in [6.45, 7) is 0. The Balaban J connectivity index is 1.75. The van der Waals surface area contributed by atoms with Crippen molar-refractivity contribution in [3.63, 3.8) is 0 Å². The van der Waals surface area contributed by atoms with Crippen LogP contribution in [-0.4, -0.2) is 21.2 Å². The van der Waals surface area contributed by atoms with Crippen molar-refractivity contribution in [3.05, 3.63) is 90.3 Å². The van der Waals surface area contributed by atoms with Gasteiger partial charge in [-0.3, -0.25) is 4.79 Å². The number of nitrogens with zero attached hydrogens (tertiary/aromatic N) is 2. The number of nitrogens with one attached hydrogen (secondary N) is 1. The molecule has 0 bridgehead atoms. The highest BCUT2D eigenvalue weighted by atomic mass is 79.9. The number of aromatic nitrogens is 2. The summed E-state index contributed by atoms with van der Waals surface area (Å²) in [5.41, 5.74) is 3.56. The lowest BCUT2D eigenvalue weighted by atomic mass is 10.0. The van der Waals surface area contributed by atoms with Gasteiger partial charge in [-0.05, 0) is 18.2 Å². The van der Waals surface area contributed by atoms with E-state index >= 15 is 0 Å². The maximum atomic E-state index is 13.0. The number of halogens is 1. The topological polar surface area (TPSA) is 54.9 Å². The highest BCUT2D eigenvalue weighted by Gasteiger charge is 2.19. The van der Waals surface area contributed by atoms with Crippen LogP contribution >= 0.6 is 27.3 Å². The molecule has 1 N–H and O–H groups in total. The molecule has 0 saturated heterocycles. The van der Waals surface area contributed by atoms with Gasteiger partial charge in [0.15, 0.2) is 0 Å². The van der Waals surface area contributed by atoms with Crippen molar-refractivity contribution in [1.29, 1.82) is 0 Å². The third-order valence-corrected chi connectivity index (χ3v) is 5.95. The molecule has 0 unspecified atom stereocenters. The number of amides is 1. The molecular formula is C23H18BrN3OS. The second-order valence-electron chi connectivity index (χ2n) is 6.31. The standard InChI is InChI=1S/C23H18BrN3OS/c24-14-13-19-21(29-23(26-19)16-8-2-1-3-9-16)17-10-4-5-11-18(17)22(28)27-20-12-6-7-15-25-20/h1-12,15H,13-14H2,(H,25,27,28). The Labute approximate surface area is 181 Å². The van der Waals surface area contributed by atoms with Crippen molar-refractivity contribution in [2.75, 3.05) is 10.6 Å². The number of pyridine rings is 1. The molecule has 0 atom stereocenters. The molecule has 29 heavy (non-hydrogen) atoms. The van der Waals surface area contributed by atoms with E-state index in [4.69, 9.17) is 4.98 Å². The summed E-state index contributed by atoms with van der Waals surface area (Å²) in [6, 6.07) is 23.2. The SMILES string of the molecule is O=C(Nc1ccccn1)c1ccccc1-c1sc(-c2ccccc2)nc1CCBr. The lowest BCUT2D eigenvalue weighted by molar-refractivity contribution is 0.102. The first-order valence-electron chi connectivity index (χ1n) is 9.19. The summed E-state index contributed by atoms with van der Waals surface area (Å²) in [4.78, 5) is 23.1. The van der Waals surface area contributed by atoms with Crippen molar-refractivity contribution in [2.24, 2.45) is 0 Å². The van der Waals surface area contributed by atoms with Gasteiger partial charge in [0.2, 0.25) is 0 Å². The van der Waals surface area contributed by atoms with Crippen LogP contribution in [0.25, 0.3) is 21.0 Å². The van der Waals surface area contributed by atoms with Crippen molar-refractivity contribution >= 4 is 39.0 Å². The molecule has 0 radical (unpaired) electrons. The van der Waals surface area contributed by atoms with Crippen molar-refractivity contribution in [1.82, 2.24) is 9.97 Å².